The van der Waals surface area contributed by atoms with Crippen molar-refractivity contribution >= 4 is 41.0 Å². The van der Waals surface area contributed by atoms with Gasteiger partial charge >= 0.3 is 5.97 Å². The Kier molecular flexibility index (Phi) is 8.09. The van der Waals surface area contributed by atoms with Crippen LogP contribution >= 0.6 is 23.2 Å². The third-order valence-electron chi connectivity index (χ3n) is 5.62. The van der Waals surface area contributed by atoms with E-state index in [2.05, 4.69) is 4.98 Å². The van der Waals surface area contributed by atoms with Crippen molar-refractivity contribution in [3.63, 3.8) is 0 Å². The SMILES string of the molecule is COc1ccc(/C(=C/c2c(Cl)cncc2Cl)OC(=O)Cc2ccccc2)cc1OC1CCCC1. The first kappa shape index (κ1) is 24.1. The summed E-state index contributed by atoms with van der Waals surface area (Å²) in [5.41, 5.74) is 2.00. The summed E-state index contributed by atoms with van der Waals surface area (Å²) in [6, 6.07) is 14.8. The zero-order valence-corrected chi connectivity index (χ0v) is 20.3. The fraction of sp³-hybridized carbons (Fsp3) is 0.259. The standard InChI is InChI=1S/C27H25Cl2NO4/c1-32-24-12-11-19(14-26(24)33-20-9-5-6-10-20)25(15-21-22(28)16-30-17-23(21)29)34-27(31)13-18-7-3-2-4-8-18/h2-4,7-8,11-12,14-17,20H,5-6,9-10,13H2,1H3/b25-15-. The molecule has 0 saturated heterocycles. The molecule has 1 aliphatic carbocycles. The molecule has 0 amide bonds. The maximum atomic E-state index is 12.8. The van der Waals surface area contributed by atoms with Gasteiger partial charge in [0.25, 0.3) is 0 Å². The highest BCUT2D eigenvalue weighted by molar-refractivity contribution is 6.37. The highest BCUT2D eigenvalue weighted by atomic mass is 35.5. The number of hydrogen-bond acceptors (Lipinski definition) is 5. The molecule has 7 heteroatoms. The van der Waals surface area contributed by atoms with Crippen LogP contribution in [0.15, 0.2) is 60.9 Å². The zero-order chi connectivity index (χ0) is 23.9. The molecule has 34 heavy (non-hydrogen) atoms. The van der Waals surface area contributed by atoms with Gasteiger partial charge in [0.1, 0.15) is 5.76 Å². The second-order valence-electron chi connectivity index (χ2n) is 8.05. The Hall–Kier alpha value is -3.02. The van der Waals surface area contributed by atoms with Crippen LogP contribution in [0, 0.1) is 0 Å². The van der Waals surface area contributed by atoms with Crippen LogP contribution in [-0.4, -0.2) is 24.2 Å². The number of pyridine rings is 1. The third kappa shape index (κ3) is 6.10. The van der Waals surface area contributed by atoms with Gasteiger partial charge in [-0.25, -0.2) is 0 Å². The Bertz CT molecular complexity index is 1150. The third-order valence-corrected chi connectivity index (χ3v) is 6.23. The molecule has 0 bridgehead atoms. The molecule has 2 aromatic carbocycles. The number of nitrogens with zero attached hydrogens (tertiary/aromatic N) is 1. The number of carbonyl (C=O) groups excluding carboxylic acids is 1. The van der Waals surface area contributed by atoms with Crippen molar-refractivity contribution in [3.05, 3.63) is 87.7 Å². The fourth-order valence-corrected chi connectivity index (χ4v) is 4.36. The van der Waals surface area contributed by atoms with Crippen molar-refractivity contribution in [2.75, 3.05) is 7.11 Å². The monoisotopic (exact) mass is 497 g/mol. The zero-order valence-electron chi connectivity index (χ0n) is 18.8. The van der Waals surface area contributed by atoms with E-state index in [-0.39, 0.29) is 12.5 Å². The lowest BCUT2D eigenvalue weighted by Gasteiger charge is -2.18. The second kappa shape index (κ2) is 11.4. The molecule has 3 aromatic rings. The number of carbonyl (C=O) groups is 1. The van der Waals surface area contributed by atoms with Crippen LogP contribution in [-0.2, 0) is 16.0 Å². The molecule has 1 fully saturated rings. The summed E-state index contributed by atoms with van der Waals surface area (Å²) < 4.78 is 17.6. The summed E-state index contributed by atoms with van der Waals surface area (Å²) in [7, 11) is 1.60. The lowest BCUT2D eigenvalue weighted by atomic mass is 10.1. The summed E-state index contributed by atoms with van der Waals surface area (Å²) in [5.74, 6) is 1.11. The van der Waals surface area contributed by atoms with Gasteiger partial charge < -0.3 is 14.2 Å². The van der Waals surface area contributed by atoms with E-state index in [0.717, 1.165) is 31.2 Å². The molecule has 0 spiro atoms. The number of ether oxygens (including phenoxy) is 3. The Morgan fingerprint density at radius 1 is 1.03 bits per heavy atom. The molecular formula is C27H25Cl2NO4. The van der Waals surface area contributed by atoms with Gasteiger partial charge in [0.15, 0.2) is 11.5 Å². The first-order chi connectivity index (χ1) is 16.5. The van der Waals surface area contributed by atoms with Crippen LogP contribution in [0.1, 0.15) is 42.4 Å². The van der Waals surface area contributed by atoms with Gasteiger partial charge in [0, 0.05) is 23.5 Å². The van der Waals surface area contributed by atoms with Crippen molar-refractivity contribution in [2.24, 2.45) is 0 Å². The van der Waals surface area contributed by atoms with E-state index >= 15 is 0 Å². The Morgan fingerprint density at radius 3 is 2.41 bits per heavy atom. The van der Waals surface area contributed by atoms with Crippen molar-refractivity contribution in [1.29, 1.82) is 0 Å². The van der Waals surface area contributed by atoms with E-state index in [9.17, 15) is 4.79 Å². The lowest BCUT2D eigenvalue weighted by molar-refractivity contribution is -0.135. The number of hydrogen-bond donors (Lipinski definition) is 0. The molecule has 1 heterocycles. The molecule has 1 saturated carbocycles. The quantitative estimate of drug-likeness (QED) is 0.247. The van der Waals surface area contributed by atoms with Crippen molar-refractivity contribution < 1.29 is 19.0 Å². The summed E-state index contributed by atoms with van der Waals surface area (Å²) in [6.45, 7) is 0. The summed E-state index contributed by atoms with van der Waals surface area (Å²) >= 11 is 12.7. The molecule has 4 rings (SSSR count). The Balaban J connectivity index is 1.70. The van der Waals surface area contributed by atoms with Gasteiger partial charge in [0.2, 0.25) is 0 Å². The van der Waals surface area contributed by atoms with E-state index in [0.29, 0.717) is 38.4 Å². The molecule has 0 N–H and O–H groups in total. The maximum absolute atomic E-state index is 12.8. The van der Waals surface area contributed by atoms with Gasteiger partial charge in [-0.1, -0.05) is 53.5 Å². The molecule has 1 aromatic heterocycles. The summed E-state index contributed by atoms with van der Waals surface area (Å²) in [4.78, 5) is 16.8. The molecule has 176 valence electrons. The average molecular weight is 498 g/mol. The predicted octanol–water partition coefficient (Wildman–Crippen LogP) is 7.00. The highest BCUT2D eigenvalue weighted by Gasteiger charge is 2.20. The maximum Gasteiger partial charge on any atom is 0.315 e. The molecular weight excluding hydrogens is 473 g/mol. The Morgan fingerprint density at radius 2 is 1.74 bits per heavy atom. The van der Waals surface area contributed by atoms with Crippen LogP contribution in [0.25, 0.3) is 11.8 Å². The lowest BCUT2D eigenvalue weighted by Crippen LogP contribution is -2.12. The van der Waals surface area contributed by atoms with Crippen LogP contribution in [0.2, 0.25) is 10.0 Å². The minimum atomic E-state index is -0.409. The van der Waals surface area contributed by atoms with Gasteiger partial charge in [0.05, 0.1) is 29.7 Å². The smallest absolute Gasteiger partial charge is 0.315 e. The molecule has 1 aliphatic rings. The molecule has 0 atom stereocenters. The second-order valence-corrected chi connectivity index (χ2v) is 8.87. The van der Waals surface area contributed by atoms with E-state index in [1.807, 2.05) is 42.5 Å². The Labute approximate surface area is 209 Å². The molecule has 0 radical (unpaired) electrons. The minimum absolute atomic E-state index is 0.123. The first-order valence-corrected chi connectivity index (χ1v) is 11.9. The fourth-order valence-electron chi connectivity index (χ4n) is 3.89. The van der Waals surface area contributed by atoms with Crippen LogP contribution in [0.4, 0.5) is 0 Å². The summed E-state index contributed by atoms with van der Waals surface area (Å²) in [5, 5.41) is 0.695. The molecule has 0 aliphatic heterocycles. The van der Waals surface area contributed by atoms with E-state index in [4.69, 9.17) is 37.4 Å². The highest BCUT2D eigenvalue weighted by Crippen LogP contribution is 2.36. The van der Waals surface area contributed by atoms with Crippen molar-refractivity contribution in [1.82, 2.24) is 4.98 Å². The van der Waals surface area contributed by atoms with Crippen molar-refractivity contribution in [2.45, 2.75) is 38.2 Å². The van der Waals surface area contributed by atoms with Gasteiger partial charge in [-0.3, -0.25) is 9.78 Å². The average Bonchev–Trinajstić information content (AvgIpc) is 3.34. The number of methoxy groups -OCH3 is 1. The number of rotatable bonds is 8. The molecule has 5 nitrogen and oxygen atoms in total. The predicted molar refractivity (Wildman–Crippen MR) is 134 cm³/mol. The van der Waals surface area contributed by atoms with E-state index in [1.54, 1.807) is 19.3 Å². The molecule has 0 unspecified atom stereocenters. The number of benzene rings is 2. The largest absolute Gasteiger partial charge is 0.493 e. The number of esters is 1. The van der Waals surface area contributed by atoms with Gasteiger partial charge in [-0.05, 0) is 55.5 Å². The first-order valence-electron chi connectivity index (χ1n) is 11.1. The van der Waals surface area contributed by atoms with Crippen LogP contribution in [0.5, 0.6) is 11.5 Å². The van der Waals surface area contributed by atoms with Gasteiger partial charge in [-0.2, -0.15) is 0 Å². The van der Waals surface area contributed by atoms with Crippen LogP contribution in [0.3, 0.4) is 0 Å². The summed E-state index contributed by atoms with van der Waals surface area (Å²) in [6.07, 6.45) is 9.20. The van der Waals surface area contributed by atoms with E-state index < -0.39 is 5.97 Å². The van der Waals surface area contributed by atoms with Gasteiger partial charge in [-0.15, -0.1) is 0 Å². The number of halogens is 2. The normalized spacial score (nSPS) is 14.1. The topological polar surface area (TPSA) is 57.7 Å². The van der Waals surface area contributed by atoms with E-state index in [1.165, 1.54) is 12.4 Å². The van der Waals surface area contributed by atoms with Crippen molar-refractivity contribution in [3.8, 4) is 11.5 Å². The van der Waals surface area contributed by atoms with Crippen LogP contribution < -0.4 is 9.47 Å². The number of aromatic nitrogens is 1. The minimum Gasteiger partial charge on any atom is -0.493 e.